The number of hydrogen-bond acceptors (Lipinski definition) is 2. The molecule has 0 aromatic rings. The van der Waals surface area contributed by atoms with Gasteiger partial charge in [0.05, 0.1) is 5.60 Å². The van der Waals surface area contributed by atoms with E-state index in [0.717, 1.165) is 24.7 Å². The molecule has 4 atom stereocenters. The van der Waals surface area contributed by atoms with Gasteiger partial charge in [-0.25, -0.2) is 0 Å². The number of carbonyl (C=O) groups excluding carboxylic acids is 1. The normalized spacial score (nSPS) is 38.5. The minimum atomic E-state index is -0.219. The van der Waals surface area contributed by atoms with E-state index in [9.17, 15) is 4.79 Å². The van der Waals surface area contributed by atoms with Gasteiger partial charge in [-0.15, -0.1) is 12.6 Å². The third kappa shape index (κ3) is 3.62. The fourth-order valence-electron chi connectivity index (χ4n) is 4.26. The molecule has 1 amide bonds. The highest BCUT2D eigenvalue weighted by molar-refractivity contribution is 7.96. The van der Waals surface area contributed by atoms with Crippen molar-refractivity contribution in [2.45, 2.75) is 64.0 Å². The average Bonchev–Trinajstić information content (AvgIpc) is 2.99. The summed E-state index contributed by atoms with van der Waals surface area (Å²) in [4.78, 5) is 16.5. The van der Waals surface area contributed by atoms with Crippen LogP contribution in [0.1, 0.15) is 52.4 Å². The van der Waals surface area contributed by atoms with E-state index in [2.05, 4.69) is 22.9 Å². The van der Waals surface area contributed by atoms with E-state index < -0.39 is 0 Å². The molecule has 2 unspecified atom stereocenters. The lowest BCUT2D eigenvalue weighted by Crippen LogP contribution is -2.39. The number of ether oxygens (including phenoxy) is 1. The summed E-state index contributed by atoms with van der Waals surface area (Å²) in [6, 6.07) is 0.471. The van der Waals surface area contributed by atoms with Crippen LogP contribution in [0.4, 0.5) is 0 Å². The van der Waals surface area contributed by atoms with Gasteiger partial charge in [0, 0.05) is 18.6 Å². The van der Waals surface area contributed by atoms with E-state index >= 15 is 0 Å². The van der Waals surface area contributed by atoms with Crippen LogP contribution in [0, 0.1) is 17.8 Å². The number of carbonyl (C=O) groups is 1. The van der Waals surface area contributed by atoms with Crippen molar-refractivity contribution < 1.29 is 9.53 Å². The number of nitrogens with one attached hydrogen (secondary N) is 1. The molecule has 3 aliphatic rings. The lowest BCUT2D eigenvalue weighted by Gasteiger charge is -2.34. The van der Waals surface area contributed by atoms with Crippen molar-refractivity contribution in [2.24, 2.45) is 22.7 Å². The second-order valence-electron chi connectivity index (χ2n) is 7.50. The molecule has 2 bridgehead atoms. The maximum Gasteiger partial charge on any atom is 0.251 e. The maximum absolute atomic E-state index is 12.3. The summed E-state index contributed by atoms with van der Waals surface area (Å²) < 4.78 is 5.66. The van der Waals surface area contributed by atoms with E-state index in [1.807, 2.05) is 13.8 Å². The van der Waals surface area contributed by atoms with Crippen LogP contribution in [0.5, 0.6) is 0 Å². The molecule has 2 aliphatic carbocycles. The number of fused-ring (bicyclic) bond motifs is 2. The molecule has 0 radical (unpaired) electrons. The van der Waals surface area contributed by atoms with Gasteiger partial charge in [0.15, 0.2) is 5.17 Å². The Morgan fingerprint density at radius 3 is 2.71 bits per heavy atom. The van der Waals surface area contributed by atoms with Gasteiger partial charge >= 0.3 is 0 Å². The van der Waals surface area contributed by atoms with Crippen molar-refractivity contribution in [3.05, 3.63) is 0 Å². The molecule has 1 aliphatic heterocycles. The lowest BCUT2D eigenvalue weighted by molar-refractivity contribution is -0.131. The topological polar surface area (TPSA) is 50.7 Å². The zero-order chi connectivity index (χ0) is 15.0. The molecule has 0 aromatic carbocycles. The van der Waals surface area contributed by atoms with Crippen LogP contribution in [0.3, 0.4) is 0 Å². The molecule has 0 aromatic heterocycles. The zero-order valence-corrected chi connectivity index (χ0v) is 13.9. The van der Waals surface area contributed by atoms with E-state index in [-0.39, 0.29) is 17.4 Å². The van der Waals surface area contributed by atoms with Gasteiger partial charge in [0.25, 0.3) is 5.91 Å². The predicted octanol–water partition coefficient (Wildman–Crippen LogP) is 2.78. The molecule has 3 rings (SSSR count). The van der Waals surface area contributed by atoms with Crippen LogP contribution in [0.2, 0.25) is 0 Å². The SMILES string of the molecule is CC1(C)CC(C(=O)/N=C(\S)N[C@H]2C[C@@H]3CCC2C3)CCO1. The summed E-state index contributed by atoms with van der Waals surface area (Å²) in [6.45, 7) is 4.71. The van der Waals surface area contributed by atoms with Gasteiger partial charge in [-0.1, -0.05) is 6.42 Å². The minimum absolute atomic E-state index is 0.0299. The van der Waals surface area contributed by atoms with Crippen molar-refractivity contribution in [1.29, 1.82) is 0 Å². The van der Waals surface area contributed by atoms with E-state index in [1.54, 1.807) is 0 Å². The maximum atomic E-state index is 12.3. The minimum Gasteiger partial charge on any atom is -0.376 e. The number of amidine groups is 1. The highest BCUT2D eigenvalue weighted by Crippen LogP contribution is 2.44. The Hall–Kier alpha value is -0.550. The third-order valence-corrected chi connectivity index (χ3v) is 5.54. The van der Waals surface area contributed by atoms with E-state index in [1.165, 1.54) is 25.7 Å². The monoisotopic (exact) mass is 310 g/mol. The fourth-order valence-corrected chi connectivity index (χ4v) is 4.52. The van der Waals surface area contributed by atoms with E-state index in [0.29, 0.717) is 17.8 Å². The van der Waals surface area contributed by atoms with Crippen LogP contribution < -0.4 is 5.32 Å². The van der Waals surface area contributed by atoms with Crippen molar-refractivity contribution in [3.63, 3.8) is 0 Å². The number of thiol groups is 1. The lowest BCUT2D eigenvalue weighted by atomic mass is 9.88. The Morgan fingerprint density at radius 1 is 1.29 bits per heavy atom. The summed E-state index contributed by atoms with van der Waals surface area (Å²) in [5.74, 6) is 1.55. The largest absolute Gasteiger partial charge is 0.376 e. The highest BCUT2D eigenvalue weighted by Gasteiger charge is 2.39. The molecule has 3 fully saturated rings. The first-order valence-electron chi connectivity index (χ1n) is 8.15. The Labute approximate surface area is 132 Å². The second-order valence-corrected chi connectivity index (χ2v) is 7.92. The fraction of sp³-hybridized carbons (Fsp3) is 0.875. The smallest absolute Gasteiger partial charge is 0.251 e. The number of rotatable bonds is 2. The first-order valence-corrected chi connectivity index (χ1v) is 8.60. The molecule has 0 spiro atoms. The highest BCUT2D eigenvalue weighted by atomic mass is 32.1. The molecular weight excluding hydrogens is 284 g/mol. The number of nitrogens with zero attached hydrogens (tertiary/aromatic N) is 1. The molecule has 1 saturated heterocycles. The van der Waals surface area contributed by atoms with Crippen molar-refractivity contribution in [1.82, 2.24) is 5.32 Å². The molecule has 21 heavy (non-hydrogen) atoms. The molecule has 1 N–H and O–H groups in total. The molecule has 1 heterocycles. The predicted molar refractivity (Wildman–Crippen MR) is 86.6 cm³/mol. The van der Waals surface area contributed by atoms with Crippen LogP contribution in [-0.2, 0) is 9.53 Å². The summed E-state index contributed by atoms with van der Waals surface area (Å²) >= 11 is 4.39. The average molecular weight is 310 g/mol. The van der Waals surface area contributed by atoms with Crippen molar-refractivity contribution >= 4 is 23.7 Å². The number of hydrogen-bond donors (Lipinski definition) is 2. The Balaban J connectivity index is 1.55. The van der Waals surface area contributed by atoms with Crippen LogP contribution in [0.15, 0.2) is 4.99 Å². The van der Waals surface area contributed by atoms with Gasteiger partial charge in [-0.05, 0) is 57.8 Å². The summed E-state index contributed by atoms with van der Waals surface area (Å²) in [6.07, 6.45) is 6.73. The zero-order valence-electron chi connectivity index (χ0n) is 13.0. The second kappa shape index (κ2) is 5.92. The molecular formula is C16H26N2O2S. The van der Waals surface area contributed by atoms with Crippen LogP contribution in [0.25, 0.3) is 0 Å². The Kier molecular flexibility index (Phi) is 4.33. The van der Waals surface area contributed by atoms with E-state index in [4.69, 9.17) is 4.74 Å². The third-order valence-electron chi connectivity index (χ3n) is 5.32. The van der Waals surface area contributed by atoms with Crippen molar-refractivity contribution in [2.75, 3.05) is 6.61 Å². The number of aliphatic imine (C=N–C) groups is 1. The van der Waals surface area contributed by atoms with Gasteiger partial charge < -0.3 is 10.1 Å². The summed E-state index contributed by atoms with van der Waals surface area (Å²) in [5, 5.41) is 3.86. The first kappa shape index (κ1) is 15.3. The molecule has 4 nitrogen and oxygen atoms in total. The van der Waals surface area contributed by atoms with Crippen LogP contribution in [-0.4, -0.2) is 29.3 Å². The van der Waals surface area contributed by atoms with Gasteiger partial charge in [-0.3, -0.25) is 4.79 Å². The molecule has 2 saturated carbocycles. The Bertz CT molecular complexity index is 450. The summed E-state index contributed by atoms with van der Waals surface area (Å²) in [7, 11) is 0. The molecule has 5 heteroatoms. The Morgan fingerprint density at radius 2 is 2.10 bits per heavy atom. The number of amides is 1. The summed E-state index contributed by atoms with van der Waals surface area (Å²) in [5.41, 5.74) is -0.219. The van der Waals surface area contributed by atoms with Crippen LogP contribution >= 0.6 is 12.6 Å². The van der Waals surface area contributed by atoms with Gasteiger partial charge in [-0.2, -0.15) is 4.99 Å². The first-order chi connectivity index (χ1) is 9.93. The van der Waals surface area contributed by atoms with Gasteiger partial charge in [0.1, 0.15) is 0 Å². The quantitative estimate of drug-likeness (QED) is 0.468. The molecule has 118 valence electrons. The van der Waals surface area contributed by atoms with Crippen molar-refractivity contribution in [3.8, 4) is 0 Å². The standard InChI is InChI=1S/C16H26N2O2S/c1-16(2)9-12(5-6-20-16)14(19)18-15(21)17-13-8-10-3-4-11(13)7-10/h10-13H,3-9H2,1-2H3,(H2,17,18,19,21)/t10-,11?,12?,13+/m1/s1. The van der Waals surface area contributed by atoms with Gasteiger partial charge in [0.2, 0.25) is 0 Å².